The number of carbonyl (C=O) groups is 1. The standard InChI is InChI=1S/C22H25NO/c1-3-17(2)16-23-14-13-20-15-19(11-12-21(20)22(23)24)10-9-18-7-5-4-6-8-18/h4-5,7,11-12,15,17H,3,6,8,13-14,16H2,1-2H3/t17-/m0/s1. The number of allylic oxidation sites excluding steroid dienone is 4. The lowest BCUT2D eigenvalue weighted by Crippen LogP contribution is -2.40. The zero-order valence-electron chi connectivity index (χ0n) is 14.6. The molecular weight excluding hydrogens is 294 g/mol. The Balaban J connectivity index is 1.76. The summed E-state index contributed by atoms with van der Waals surface area (Å²) < 4.78 is 0. The van der Waals surface area contributed by atoms with E-state index < -0.39 is 0 Å². The van der Waals surface area contributed by atoms with Gasteiger partial charge in [-0.05, 0) is 48.9 Å². The van der Waals surface area contributed by atoms with Crippen LogP contribution in [0.4, 0.5) is 0 Å². The monoisotopic (exact) mass is 319 g/mol. The summed E-state index contributed by atoms with van der Waals surface area (Å²) >= 11 is 0. The summed E-state index contributed by atoms with van der Waals surface area (Å²) in [6, 6.07) is 6.04. The Morgan fingerprint density at radius 1 is 1.25 bits per heavy atom. The van der Waals surface area contributed by atoms with E-state index >= 15 is 0 Å². The van der Waals surface area contributed by atoms with Gasteiger partial charge in [0, 0.05) is 29.8 Å². The normalized spacial score (nSPS) is 17.7. The van der Waals surface area contributed by atoms with Gasteiger partial charge in [-0.1, -0.05) is 50.3 Å². The van der Waals surface area contributed by atoms with Crippen LogP contribution in [-0.4, -0.2) is 23.9 Å². The molecule has 1 aliphatic carbocycles. The van der Waals surface area contributed by atoms with Crippen molar-refractivity contribution >= 4 is 5.91 Å². The Morgan fingerprint density at radius 2 is 2.12 bits per heavy atom. The zero-order chi connectivity index (χ0) is 16.9. The highest BCUT2D eigenvalue weighted by atomic mass is 16.2. The number of carbonyl (C=O) groups excluding carboxylic acids is 1. The maximum atomic E-state index is 12.7. The van der Waals surface area contributed by atoms with Gasteiger partial charge in [-0.15, -0.1) is 0 Å². The van der Waals surface area contributed by atoms with Gasteiger partial charge in [0.1, 0.15) is 0 Å². The lowest BCUT2D eigenvalue weighted by molar-refractivity contribution is 0.0714. The Morgan fingerprint density at radius 3 is 2.88 bits per heavy atom. The lowest BCUT2D eigenvalue weighted by atomic mass is 9.95. The number of rotatable bonds is 3. The van der Waals surface area contributed by atoms with Gasteiger partial charge in [-0.2, -0.15) is 0 Å². The molecule has 1 aliphatic heterocycles. The van der Waals surface area contributed by atoms with Crippen LogP contribution in [0.15, 0.2) is 42.0 Å². The Labute approximate surface area is 145 Å². The third-order valence-electron chi connectivity index (χ3n) is 4.88. The predicted octanol–water partition coefficient (Wildman–Crippen LogP) is 4.36. The van der Waals surface area contributed by atoms with E-state index in [-0.39, 0.29) is 5.91 Å². The van der Waals surface area contributed by atoms with Gasteiger partial charge >= 0.3 is 0 Å². The molecule has 2 heteroatoms. The third kappa shape index (κ3) is 3.79. The van der Waals surface area contributed by atoms with Gasteiger partial charge in [0.05, 0.1) is 0 Å². The molecule has 0 aromatic heterocycles. The molecule has 2 nitrogen and oxygen atoms in total. The Hall–Kier alpha value is -2.27. The molecule has 0 unspecified atom stereocenters. The average Bonchev–Trinajstić information content (AvgIpc) is 2.63. The fraction of sp³-hybridized carbons (Fsp3) is 0.409. The van der Waals surface area contributed by atoms with Gasteiger partial charge in [0.15, 0.2) is 0 Å². The van der Waals surface area contributed by atoms with E-state index in [1.807, 2.05) is 17.0 Å². The molecule has 0 bridgehead atoms. The first-order valence-electron chi connectivity index (χ1n) is 8.97. The molecule has 0 fully saturated rings. The van der Waals surface area contributed by atoms with Crippen LogP contribution in [0.3, 0.4) is 0 Å². The van der Waals surface area contributed by atoms with Crippen LogP contribution in [0, 0.1) is 17.8 Å². The SMILES string of the molecule is CC[C@H](C)CN1CCc2cc(C#CC3=CC=CCC3)ccc2C1=O. The fourth-order valence-corrected chi connectivity index (χ4v) is 3.15. The summed E-state index contributed by atoms with van der Waals surface area (Å²) in [5, 5.41) is 0. The third-order valence-corrected chi connectivity index (χ3v) is 4.88. The fourth-order valence-electron chi connectivity index (χ4n) is 3.15. The molecule has 1 aromatic carbocycles. The minimum absolute atomic E-state index is 0.177. The largest absolute Gasteiger partial charge is 0.338 e. The summed E-state index contributed by atoms with van der Waals surface area (Å²) in [6.07, 6.45) is 10.5. The van der Waals surface area contributed by atoms with Crippen LogP contribution in [-0.2, 0) is 6.42 Å². The van der Waals surface area contributed by atoms with E-state index in [2.05, 4.69) is 50.0 Å². The smallest absolute Gasteiger partial charge is 0.254 e. The zero-order valence-corrected chi connectivity index (χ0v) is 14.6. The van der Waals surface area contributed by atoms with Crippen LogP contribution in [0.2, 0.25) is 0 Å². The maximum Gasteiger partial charge on any atom is 0.254 e. The first kappa shape index (κ1) is 16.6. The second kappa shape index (κ2) is 7.53. The van der Waals surface area contributed by atoms with E-state index in [1.165, 1.54) is 5.57 Å². The molecule has 0 saturated carbocycles. The van der Waals surface area contributed by atoms with Gasteiger partial charge in [-0.3, -0.25) is 4.79 Å². The number of hydrogen-bond donors (Lipinski definition) is 0. The molecule has 0 N–H and O–H groups in total. The van der Waals surface area contributed by atoms with Crippen molar-refractivity contribution in [3.8, 4) is 11.8 Å². The lowest BCUT2D eigenvalue weighted by Gasteiger charge is -2.30. The molecule has 0 saturated heterocycles. The number of nitrogens with zero attached hydrogens (tertiary/aromatic N) is 1. The van der Waals surface area contributed by atoms with Crippen molar-refractivity contribution in [1.29, 1.82) is 0 Å². The highest BCUT2D eigenvalue weighted by molar-refractivity contribution is 5.97. The molecule has 1 amide bonds. The molecule has 1 heterocycles. The molecule has 124 valence electrons. The second-order valence-electron chi connectivity index (χ2n) is 6.80. The summed E-state index contributed by atoms with van der Waals surface area (Å²) in [6.45, 7) is 6.06. The number of amides is 1. The highest BCUT2D eigenvalue weighted by Crippen LogP contribution is 2.22. The van der Waals surface area contributed by atoms with Crippen LogP contribution in [0.5, 0.6) is 0 Å². The highest BCUT2D eigenvalue weighted by Gasteiger charge is 2.25. The average molecular weight is 319 g/mol. The first-order valence-corrected chi connectivity index (χ1v) is 8.97. The Bertz CT molecular complexity index is 745. The molecular formula is C22H25NO. The van der Waals surface area contributed by atoms with E-state index in [0.29, 0.717) is 5.92 Å². The number of benzene rings is 1. The van der Waals surface area contributed by atoms with E-state index in [4.69, 9.17) is 0 Å². The topological polar surface area (TPSA) is 20.3 Å². The first-order chi connectivity index (χ1) is 11.7. The van der Waals surface area contributed by atoms with E-state index in [0.717, 1.165) is 55.5 Å². The summed E-state index contributed by atoms with van der Waals surface area (Å²) in [4.78, 5) is 14.7. The van der Waals surface area contributed by atoms with Gasteiger partial charge in [-0.25, -0.2) is 0 Å². The van der Waals surface area contributed by atoms with Crippen LogP contribution in [0.25, 0.3) is 0 Å². The molecule has 0 spiro atoms. The quantitative estimate of drug-likeness (QED) is 0.758. The van der Waals surface area contributed by atoms with E-state index in [9.17, 15) is 4.79 Å². The Kier molecular flexibility index (Phi) is 5.20. The van der Waals surface area contributed by atoms with Gasteiger partial charge in [0.25, 0.3) is 5.91 Å². The van der Waals surface area contributed by atoms with Crippen molar-refractivity contribution in [1.82, 2.24) is 4.90 Å². The second-order valence-corrected chi connectivity index (χ2v) is 6.80. The molecule has 2 aliphatic rings. The van der Waals surface area contributed by atoms with Crippen molar-refractivity contribution in [3.63, 3.8) is 0 Å². The predicted molar refractivity (Wildman–Crippen MR) is 98.8 cm³/mol. The summed E-state index contributed by atoms with van der Waals surface area (Å²) in [5.74, 6) is 7.25. The van der Waals surface area contributed by atoms with Gasteiger partial charge < -0.3 is 4.90 Å². The summed E-state index contributed by atoms with van der Waals surface area (Å²) in [7, 11) is 0. The van der Waals surface area contributed by atoms with Crippen LogP contribution >= 0.6 is 0 Å². The van der Waals surface area contributed by atoms with E-state index in [1.54, 1.807) is 0 Å². The van der Waals surface area contributed by atoms with Crippen molar-refractivity contribution < 1.29 is 4.79 Å². The molecule has 0 radical (unpaired) electrons. The van der Waals surface area contributed by atoms with Crippen LogP contribution < -0.4 is 0 Å². The molecule has 24 heavy (non-hydrogen) atoms. The molecule has 1 atom stereocenters. The summed E-state index contributed by atoms with van der Waals surface area (Å²) in [5.41, 5.74) is 4.19. The minimum atomic E-state index is 0.177. The number of hydrogen-bond acceptors (Lipinski definition) is 1. The van der Waals surface area contributed by atoms with Crippen molar-refractivity contribution in [2.24, 2.45) is 5.92 Å². The van der Waals surface area contributed by atoms with Crippen LogP contribution in [0.1, 0.15) is 54.6 Å². The minimum Gasteiger partial charge on any atom is -0.338 e. The maximum absolute atomic E-state index is 12.7. The number of fused-ring (bicyclic) bond motifs is 1. The van der Waals surface area contributed by atoms with Crippen molar-refractivity contribution in [2.45, 2.75) is 39.5 Å². The molecule has 1 aromatic rings. The van der Waals surface area contributed by atoms with Gasteiger partial charge in [0.2, 0.25) is 0 Å². The van der Waals surface area contributed by atoms with Crippen molar-refractivity contribution in [3.05, 3.63) is 58.7 Å². The molecule has 3 rings (SSSR count). The van der Waals surface area contributed by atoms with Crippen molar-refractivity contribution in [2.75, 3.05) is 13.1 Å².